The molecule has 0 bridgehead atoms. The standard InChI is InChI=1S/C21H20N2O2S2/c1-14(24)15-4-2-5-16(12-15)22-20(25)13-23-9-7-18-17(8-11-27-18)21(23)19-6-3-10-26-19/h2-6,8,10-12,21H,7,9,13H2,1H3,(H,22,25)/p+1/t21-/m1/s1. The number of nitrogens with one attached hydrogen (secondary N) is 2. The first kappa shape index (κ1) is 18.1. The van der Waals surface area contributed by atoms with Gasteiger partial charge in [-0.3, -0.25) is 9.59 Å². The van der Waals surface area contributed by atoms with Gasteiger partial charge in [0, 0.05) is 28.1 Å². The van der Waals surface area contributed by atoms with E-state index >= 15 is 0 Å². The molecule has 6 heteroatoms. The van der Waals surface area contributed by atoms with Gasteiger partial charge in [-0.05, 0) is 41.9 Å². The lowest BCUT2D eigenvalue weighted by Crippen LogP contribution is -3.14. The maximum absolute atomic E-state index is 12.7. The van der Waals surface area contributed by atoms with Gasteiger partial charge in [-0.1, -0.05) is 18.2 Å². The molecule has 1 aliphatic rings. The number of rotatable bonds is 5. The molecule has 1 amide bonds. The number of carbonyl (C=O) groups is 2. The highest BCUT2D eigenvalue weighted by molar-refractivity contribution is 7.10. The van der Waals surface area contributed by atoms with E-state index < -0.39 is 0 Å². The Bertz CT molecular complexity index is 962. The summed E-state index contributed by atoms with van der Waals surface area (Å²) in [7, 11) is 0. The number of ketones is 1. The molecular weight excluding hydrogens is 376 g/mol. The molecule has 4 nitrogen and oxygen atoms in total. The zero-order valence-corrected chi connectivity index (χ0v) is 16.7. The molecule has 2 atom stereocenters. The molecule has 4 rings (SSSR count). The summed E-state index contributed by atoms with van der Waals surface area (Å²) >= 11 is 3.56. The van der Waals surface area contributed by atoms with Gasteiger partial charge in [-0.15, -0.1) is 22.7 Å². The smallest absolute Gasteiger partial charge is 0.279 e. The number of benzene rings is 1. The Morgan fingerprint density at radius 3 is 2.81 bits per heavy atom. The molecule has 2 aromatic heterocycles. The fourth-order valence-electron chi connectivity index (χ4n) is 3.68. The average molecular weight is 398 g/mol. The number of quaternary nitrogens is 1. The van der Waals surface area contributed by atoms with E-state index in [9.17, 15) is 9.59 Å². The van der Waals surface area contributed by atoms with Crippen molar-refractivity contribution in [3.8, 4) is 0 Å². The van der Waals surface area contributed by atoms with Gasteiger partial charge < -0.3 is 10.2 Å². The lowest BCUT2D eigenvalue weighted by molar-refractivity contribution is -0.919. The van der Waals surface area contributed by atoms with Crippen LogP contribution < -0.4 is 10.2 Å². The first-order valence-electron chi connectivity index (χ1n) is 8.97. The normalized spacial score (nSPS) is 18.7. The number of anilines is 1. The summed E-state index contributed by atoms with van der Waals surface area (Å²) < 4.78 is 0. The van der Waals surface area contributed by atoms with E-state index in [0.29, 0.717) is 17.8 Å². The maximum Gasteiger partial charge on any atom is 0.279 e. The monoisotopic (exact) mass is 397 g/mol. The Balaban J connectivity index is 1.52. The fourth-order valence-corrected chi connectivity index (χ4v) is 5.50. The van der Waals surface area contributed by atoms with Crippen molar-refractivity contribution in [3.63, 3.8) is 0 Å². The summed E-state index contributed by atoms with van der Waals surface area (Å²) in [4.78, 5) is 28.3. The Morgan fingerprint density at radius 2 is 2.04 bits per heavy atom. The van der Waals surface area contributed by atoms with E-state index in [1.807, 2.05) is 17.4 Å². The molecule has 1 aliphatic heterocycles. The van der Waals surface area contributed by atoms with Crippen molar-refractivity contribution in [2.24, 2.45) is 0 Å². The van der Waals surface area contributed by atoms with Crippen molar-refractivity contribution < 1.29 is 14.5 Å². The first-order valence-corrected chi connectivity index (χ1v) is 10.7. The van der Waals surface area contributed by atoms with Crippen molar-refractivity contribution in [2.75, 3.05) is 18.4 Å². The molecule has 3 heterocycles. The molecule has 0 fully saturated rings. The summed E-state index contributed by atoms with van der Waals surface area (Å²) in [5.41, 5.74) is 2.64. The zero-order valence-electron chi connectivity index (χ0n) is 15.0. The number of fused-ring (bicyclic) bond motifs is 1. The lowest BCUT2D eigenvalue weighted by Gasteiger charge is -2.31. The van der Waals surface area contributed by atoms with Crippen LogP contribution in [0.5, 0.6) is 0 Å². The van der Waals surface area contributed by atoms with Crippen LogP contribution in [0.2, 0.25) is 0 Å². The molecule has 27 heavy (non-hydrogen) atoms. The molecule has 3 aromatic rings. The lowest BCUT2D eigenvalue weighted by atomic mass is 9.98. The van der Waals surface area contributed by atoms with Crippen molar-refractivity contribution >= 4 is 40.1 Å². The van der Waals surface area contributed by atoms with Crippen LogP contribution in [0.3, 0.4) is 0 Å². The summed E-state index contributed by atoms with van der Waals surface area (Å²) in [5.74, 6) is -0.0264. The van der Waals surface area contributed by atoms with Crippen LogP contribution in [-0.2, 0) is 11.2 Å². The number of hydrogen-bond acceptors (Lipinski definition) is 4. The average Bonchev–Trinajstić information content (AvgIpc) is 3.33. The van der Waals surface area contributed by atoms with Crippen molar-refractivity contribution in [1.82, 2.24) is 0 Å². The quantitative estimate of drug-likeness (QED) is 0.650. The van der Waals surface area contributed by atoms with Gasteiger partial charge in [0.1, 0.15) is 6.04 Å². The molecule has 0 spiro atoms. The summed E-state index contributed by atoms with van der Waals surface area (Å²) in [6.45, 7) is 2.88. The second kappa shape index (κ2) is 7.76. The molecule has 0 radical (unpaired) electrons. The first-order chi connectivity index (χ1) is 13.1. The van der Waals surface area contributed by atoms with Crippen molar-refractivity contribution in [2.45, 2.75) is 19.4 Å². The van der Waals surface area contributed by atoms with Gasteiger partial charge in [0.15, 0.2) is 12.3 Å². The van der Waals surface area contributed by atoms with Gasteiger partial charge >= 0.3 is 0 Å². The van der Waals surface area contributed by atoms with Crippen molar-refractivity contribution in [3.05, 3.63) is 74.1 Å². The van der Waals surface area contributed by atoms with Gasteiger partial charge in [-0.2, -0.15) is 0 Å². The van der Waals surface area contributed by atoms with Crippen LogP contribution in [0.15, 0.2) is 53.2 Å². The van der Waals surface area contributed by atoms with Gasteiger partial charge in [0.05, 0.1) is 11.4 Å². The zero-order chi connectivity index (χ0) is 18.8. The predicted molar refractivity (Wildman–Crippen MR) is 110 cm³/mol. The van der Waals surface area contributed by atoms with Gasteiger partial charge in [-0.25, -0.2) is 0 Å². The SMILES string of the molecule is CC(=O)c1cccc(NC(=O)C[NH+]2CCc3sccc3[C@@H]2c2cccs2)c1. The van der Waals surface area contributed by atoms with Crippen LogP contribution >= 0.6 is 22.7 Å². The van der Waals surface area contributed by atoms with E-state index in [-0.39, 0.29) is 17.7 Å². The molecule has 0 aliphatic carbocycles. The maximum atomic E-state index is 12.7. The molecule has 0 saturated carbocycles. The molecular formula is C21H21N2O2S2+. The van der Waals surface area contributed by atoms with Gasteiger partial charge in [0.2, 0.25) is 0 Å². The largest absolute Gasteiger partial charge is 0.321 e. The number of carbonyl (C=O) groups excluding carboxylic acids is 2. The molecule has 0 saturated heterocycles. The minimum Gasteiger partial charge on any atom is -0.321 e. The van der Waals surface area contributed by atoms with E-state index in [1.54, 1.807) is 29.5 Å². The predicted octanol–water partition coefficient (Wildman–Crippen LogP) is 3.18. The Hall–Kier alpha value is -2.28. The second-order valence-electron chi connectivity index (χ2n) is 6.77. The van der Waals surface area contributed by atoms with Crippen LogP contribution in [-0.4, -0.2) is 24.8 Å². The Morgan fingerprint density at radius 1 is 1.15 bits per heavy atom. The minimum atomic E-state index is -0.0223. The number of amides is 1. The highest BCUT2D eigenvalue weighted by Gasteiger charge is 2.35. The van der Waals surface area contributed by atoms with Gasteiger partial charge in [0.25, 0.3) is 5.91 Å². The minimum absolute atomic E-state index is 0.00417. The molecule has 138 valence electrons. The third kappa shape index (κ3) is 3.88. The van der Waals surface area contributed by atoms with Crippen LogP contribution in [0.1, 0.15) is 38.6 Å². The van der Waals surface area contributed by atoms with E-state index in [2.05, 4.69) is 34.3 Å². The number of thiophene rings is 2. The second-order valence-corrected chi connectivity index (χ2v) is 8.75. The van der Waals surface area contributed by atoms with E-state index in [1.165, 1.54) is 27.1 Å². The Kier molecular flexibility index (Phi) is 5.20. The van der Waals surface area contributed by atoms with E-state index in [0.717, 1.165) is 13.0 Å². The topological polar surface area (TPSA) is 50.6 Å². The molecule has 1 unspecified atom stereocenters. The third-order valence-corrected chi connectivity index (χ3v) is 6.87. The highest BCUT2D eigenvalue weighted by Crippen LogP contribution is 2.31. The van der Waals surface area contributed by atoms with E-state index in [4.69, 9.17) is 0 Å². The number of Topliss-reactive ketones (excluding diaryl/α,β-unsaturated/α-hetero) is 1. The Labute approximate surface area is 166 Å². The fraction of sp³-hybridized carbons (Fsp3) is 0.238. The summed E-state index contributed by atoms with van der Waals surface area (Å²) in [5, 5.41) is 7.21. The van der Waals surface area contributed by atoms with Crippen LogP contribution in [0, 0.1) is 0 Å². The third-order valence-electron chi connectivity index (χ3n) is 4.94. The summed E-state index contributed by atoms with van der Waals surface area (Å²) in [6.07, 6.45) is 1.01. The molecule has 2 N–H and O–H groups in total. The summed E-state index contributed by atoms with van der Waals surface area (Å²) in [6, 6.07) is 13.8. The van der Waals surface area contributed by atoms with Crippen LogP contribution in [0.25, 0.3) is 0 Å². The number of hydrogen-bond donors (Lipinski definition) is 2. The van der Waals surface area contributed by atoms with Crippen LogP contribution in [0.4, 0.5) is 5.69 Å². The van der Waals surface area contributed by atoms with Crippen molar-refractivity contribution in [1.29, 1.82) is 0 Å². The molecule has 1 aromatic carbocycles. The highest BCUT2D eigenvalue weighted by atomic mass is 32.1.